The Balaban J connectivity index is 0.00000147. The van der Waals surface area contributed by atoms with Gasteiger partial charge in [0.05, 0.1) is 0 Å². The number of nitrogens with one attached hydrogen (secondary N) is 1. The zero-order chi connectivity index (χ0) is 13.1. The van der Waals surface area contributed by atoms with Gasteiger partial charge in [0.25, 0.3) is 0 Å². The Labute approximate surface area is 128 Å². The van der Waals surface area contributed by atoms with Crippen molar-refractivity contribution >= 4 is 12.4 Å². The van der Waals surface area contributed by atoms with E-state index < -0.39 is 0 Å². The minimum Gasteiger partial charge on any atom is -0.492 e. The van der Waals surface area contributed by atoms with E-state index in [1.807, 2.05) is 6.07 Å². The van der Waals surface area contributed by atoms with Crippen LogP contribution in [0.3, 0.4) is 0 Å². The van der Waals surface area contributed by atoms with Gasteiger partial charge in [0.2, 0.25) is 0 Å². The lowest BCUT2D eigenvalue weighted by Gasteiger charge is -2.34. The third-order valence-corrected chi connectivity index (χ3v) is 4.45. The Kier molecular flexibility index (Phi) is 5.70. The van der Waals surface area contributed by atoms with Crippen LogP contribution >= 0.6 is 12.4 Å². The first-order valence-electron chi connectivity index (χ1n) is 7.44. The van der Waals surface area contributed by atoms with E-state index in [9.17, 15) is 0 Å². The molecule has 0 amide bonds. The van der Waals surface area contributed by atoms with Crippen LogP contribution in [-0.2, 0) is 0 Å². The van der Waals surface area contributed by atoms with Crippen LogP contribution < -0.4 is 10.1 Å². The largest absolute Gasteiger partial charge is 0.492 e. The van der Waals surface area contributed by atoms with Gasteiger partial charge in [-0.05, 0) is 62.5 Å². The summed E-state index contributed by atoms with van der Waals surface area (Å²) in [6.45, 7) is 8.88. The van der Waals surface area contributed by atoms with Crippen LogP contribution in [0.4, 0.5) is 0 Å². The van der Waals surface area contributed by atoms with Crippen LogP contribution in [-0.4, -0.2) is 44.2 Å². The van der Waals surface area contributed by atoms with Crippen molar-refractivity contribution < 1.29 is 4.74 Å². The van der Waals surface area contributed by atoms with E-state index in [0.717, 1.165) is 30.7 Å². The Morgan fingerprint density at radius 3 is 3.00 bits per heavy atom. The first kappa shape index (κ1) is 15.6. The lowest BCUT2D eigenvalue weighted by Crippen LogP contribution is -2.41. The summed E-state index contributed by atoms with van der Waals surface area (Å²) in [6, 6.07) is 8.30. The third-order valence-electron chi connectivity index (χ3n) is 4.45. The van der Waals surface area contributed by atoms with Crippen molar-refractivity contribution in [3.63, 3.8) is 0 Å². The molecule has 112 valence electrons. The van der Waals surface area contributed by atoms with Gasteiger partial charge in [0.15, 0.2) is 0 Å². The fraction of sp³-hybridized carbons (Fsp3) is 0.625. The van der Waals surface area contributed by atoms with Crippen LogP contribution in [0.25, 0.3) is 0 Å². The molecule has 1 N–H and O–H groups in total. The highest BCUT2D eigenvalue weighted by molar-refractivity contribution is 5.85. The maximum atomic E-state index is 5.84. The Bertz CT molecular complexity index is 427. The number of halogens is 1. The maximum Gasteiger partial charge on any atom is 0.119 e. The van der Waals surface area contributed by atoms with E-state index in [2.05, 4.69) is 35.3 Å². The van der Waals surface area contributed by atoms with Crippen LogP contribution in [0.2, 0.25) is 0 Å². The van der Waals surface area contributed by atoms with Crippen LogP contribution in [0.5, 0.6) is 5.75 Å². The van der Waals surface area contributed by atoms with Gasteiger partial charge in [0, 0.05) is 13.1 Å². The van der Waals surface area contributed by atoms with Gasteiger partial charge in [-0.25, -0.2) is 0 Å². The van der Waals surface area contributed by atoms with E-state index in [4.69, 9.17) is 4.74 Å². The van der Waals surface area contributed by atoms with Crippen molar-refractivity contribution in [1.82, 2.24) is 10.2 Å². The minimum atomic E-state index is 0. The van der Waals surface area contributed by atoms with Crippen molar-refractivity contribution in [3.05, 3.63) is 29.8 Å². The van der Waals surface area contributed by atoms with E-state index in [1.54, 1.807) is 0 Å². The topological polar surface area (TPSA) is 24.5 Å². The minimum absolute atomic E-state index is 0. The highest BCUT2D eigenvalue weighted by atomic mass is 35.5. The quantitative estimate of drug-likeness (QED) is 0.923. The van der Waals surface area contributed by atoms with E-state index in [-0.39, 0.29) is 12.4 Å². The Hall–Kier alpha value is -0.770. The summed E-state index contributed by atoms with van der Waals surface area (Å²) in [6.07, 6.45) is 1.35. The van der Waals surface area contributed by atoms with Gasteiger partial charge in [0.1, 0.15) is 12.4 Å². The molecule has 2 atom stereocenters. The smallest absolute Gasteiger partial charge is 0.119 e. The molecule has 0 bridgehead atoms. The van der Waals surface area contributed by atoms with Crippen molar-refractivity contribution in [3.8, 4) is 5.75 Å². The van der Waals surface area contributed by atoms with Crippen LogP contribution in [0.15, 0.2) is 24.3 Å². The zero-order valence-electron chi connectivity index (χ0n) is 12.2. The van der Waals surface area contributed by atoms with Crippen LogP contribution in [0.1, 0.15) is 12.0 Å². The number of hydrogen-bond acceptors (Lipinski definition) is 3. The first-order chi connectivity index (χ1) is 9.31. The molecular formula is C16H25ClN2O. The molecule has 2 aliphatic rings. The SMILES string of the molecule is Cc1cccc(OCCN2CCC3CNCC3C2)c1.Cl. The normalized spacial score (nSPS) is 25.9. The molecule has 1 aromatic carbocycles. The molecule has 0 aromatic heterocycles. The number of benzene rings is 1. The fourth-order valence-electron chi connectivity index (χ4n) is 3.31. The van der Waals surface area contributed by atoms with Gasteiger partial charge in [-0.15, -0.1) is 12.4 Å². The Morgan fingerprint density at radius 2 is 2.15 bits per heavy atom. The molecular weight excluding hydrogens is 272 g/mol. The van der Waals surface area contributed by atoms with Gasteiger partial charge >= 0.3 is 0 Å². The summed E-state index contributed by atoms with van der Waals surface area (Å²) >= 11 is 0. The standard InChI is InChI=1S/C16H24N2O.ClH/c1-13-3-2-4-16(9-13)19-8-7-18-6-5-14-10-17-11-15(14)12-18;/h2-4,9,14-15,17H,5-8,10-12H2,1H3;1H. The highest BCUT2D eigenvalue weighted by Gasteiger charge is 2.32. The first-order valence-corrected chi connectivity index (χ1v) is 7.44. The number of rotatable bonds is 4. The molecule has 0 saturated carbocycles. The lowest BCUT2D eigenvalue weighted by molar-refractivity contribution is 0.127. The van der Waals surface area contributed by atoms with E-state index >= 15 is 0 Å². The number of aryl methyl sites for hydroxylation is 1. The summed E-state index contributed by atoms with van der Waals surface area (Å²) in [7, 11) is 0. The summed E-state index contributed by atoms with van der Waals surface area (Å²) in [5.74, 6) is 2.79. The number of fused-ring (bicyclic) bond motifs is 1. The molecule has 4 heteroatoms. The zero-order valence-corrected chi connectivity index (χ0v) is 13.0. The third kappa shape index (κ3) is 3.87. The molecule has 0 aliphatic carbocycles. The second-order valence-corrected chi connectivity index (χ2v) is 5.93. The summed E-state index contributed by atoms with van der Waals surface area (Å²) < 4.78 is 5.84. The maximum absolute atomic E-state index is 5.84. The van der Waals surface area contributed by atoms with Crippen molar-refractivity contribution in [1.29, 1.82) is 0 Å². The average Bonchev–Trinajstić information content (AvgIpc) is 2.86. The van der Waals surface area contributed by atoms with Crippen molar-refractivity contribution in [2.75, 3.05) is 39.3 Å². The van der Waals surface area contributed by atoms with Gasteiger partial charge in [-0.2, -0.15) is 0 Å². The molecule has 2 fully saturated rings. The molecule has 0 spiro atoms. The summed E-state index contributed by atoms with van der Waals surface area (Å²) in [4.78, 5) is 2.56. The van der Waals surface area contributed by atoms with Gasteiger partial charge < -0.3 is 10.1 Å². The molecule has 2 unspecified atom stereocenters. The van der Waals surface area contributed by atoms with Gasteiger partial charge in [-0.3, -0.25) is 4.90 Å². The average molecular weight is 297 g/mol. The molecule has 3 rings (SSSR count). The molecule has 2 aliphatic heterocycles. The van der Waals surface area contributed by atoms with Crippen LogP contribution in [0, 0.1) is 18.8 Å². The molecule has 3 nitrogen and oxygen atoms in total. The van der Waals surface area contributed by atoms with Crippen molar-refractivity contribution in [2.24, 2.45) is 11.8 Å². The molecule has 0 radical (unpaired) electrons. The monoisotopic (exact) mass is 296 g/mol. The molecule has 2 saturated heterocycles. The van der Waals surface area contributed by atoms with Gasteiger partial charge in [-0.1, -0.05) is 12.1 Å². The number of piperidine rings is 1. The second kappa shape index (κ2) is 7.30. The Morgan fingerprint density at radius 1 is 1.30 bits per heavy atom. The van der Waals surface area contributed by atoms with Crippen molar-refractivity contribution in [2.45, 2.75) is 13.3 Å². The van der Waals surface area contributed by atoms with E-state index in [0.29, 0.717) is 0 Å². The lowest BCUT2D eigenvalue weighted by atomic mass is 9.89. The second-order valence-electron chi connectivity index (χ2n) is 5.93. The number of ether oxygens (including phenoxy) is 1. The molecule has 2 heterocycles. The predicted octanol–water partition coefficient (Wildman–Crippen LogP) is 2.34. The number of hydrogen-bond donors (Lipinski definition) is 1. The highest BCUT2D eigenvalue weighted by Crippen LogP contribution is 2.26. The fourth-order valence-corrected chi connectivity index (χ4v) is 3.31. The number of likely N-dealkylation sites (tertiary alicyclic amines) is 1. The summed E-state index contributed by atoms with van der Waals surface area (Å²) in [5.41, 5.74) is 1.26. The summed E-state index contributed by atoms with van der Waals surface area (Å²) in [5, 5.41) is 3.52. The molecule has 20 heavy (non-hydrogen) atoms. The van der Waals surface area contributed by atoms with E-state index in [1.165, 1.54) is 38.2 Å². The molecule has 1 aromatic rings. The predicted molar refractivity (Wildman–Crippen MR) is 84.8 cm³/mol. The number of nitrogens with zero attached hydrogens (tertiary/aromatic N) is 1.